The molecule has 0 saturated carbocycles. The van der Waals surface area contributed by atoms with Gasteiger partial charge in [-0.2, -0.15) is 4.31 Å². The number of aliphatic hydroxyl groups is 4. The maximum atomic E-state index is 13.8. The highest BCUT2D eigenvalue weighted by Gasteiger charge is 2.55. The zero-order chi connectivity index (χ0) is 61.9. The van der Waals surface area contributed by atoms with Crippen LogP contribution < -0.4 is 32.3 Å². The fourth-order valence-electron chi connectivity index (χ4n) is 9.53. The summed E-state index contributed by atoms with van der Waals surface area (Å²) in [7, 11) is -11.2. The molecule has 5 amide bonds. The summed E-state index contributed by atoms with van der Waals surface area (Å²) in [5.74, 6) is -3.15. The van der Waals surface area contributed by atoms with Crippen molar-refractivity contribution >= 4 is 51.2 Å². The molecule has 2 aliphatic rings. The number of aliphatic carboxylic acids is 1. The largest absolute Gasteiger partial charge is 0.483 e. The quantitative estimate of drug-likeness (QED) is 0.0308. The lowest BCUT2D eigenvalue weighted by molar-refractivity contribution is -0.331. The van der Waals surface area contributed by atoms with Crippen LogP contribution in [0.15, 0.2) is 0 Å². The van der Waals surface area contributed by atoms with Crippen molar-refractivity contribution in [2.24, 2.45) is 29.4 Å². The number of unbranched alkanes of at least 4 members (excludes halogenated alkanes) is 1. The molecule has 2 aliphatic heterocycles. The van der Waals surface area contributed by atoms with Crippen LogP contribution in [0.3, 0.4) is 0 Å². The fourth-order valence-corrected chi connectivity index (χ4v) is 11.7. The second-order valence-corrected chi connectivity index (χ2v) is 25.3. The van der Waals surface area contributed by atoms with Crippen molar-refractivity contribution in [1.82, 2.24) is 26.6 Å². The van der Waals surface area contributed by atoms with E-state index in [1.54, 1.807) is 0 Å². The van der Waals surface area contributed by atoms with Gasteiger partial charge in [0.25, 0.3) is 0 Å². The SMILES string of the molecule is CC(=O)N[C@H]1[C@H](O[C@H]2[C@H](O[C@H](C)C(=O)N[C@@H](C)C(=O)NCCCC(=O)N[C@@H](CCCCN)C(=O)O)[C@@H](NC(C)=O)[C@@H](OP(=O)(O)OP(=O)(O)OCCC(C)CCCC(C)CCCC(C)CCCC(C)C)O[C@@H]2CO)O[C@H](CO)[C@@H](O)[C@@H]1O. The fraction of sp³-hybridized carbons (Fsp3) is 0.885. The number of amides is 5. The molecule has 0 spiro atoms. The van der Waals surface area contributed by atoms with E-state index in [4.69, 9.17) is 33.7 Å². The molecule has 14 N–H and O–H groups in total. The minimum absolute atomic E-state index is 0.0400. The number of hydrogen-bond donors (Lipinski definition) is 13. The third kappa shape index (κ3) is 28.3. The van der Waals surface area contributed by atoms with Crippen LogP contribution in [-0.4, -0.2) is 183 Å². The first-order chi connectivity index (χ1) is 38.4. The van der Waals surface area contributed by atoms with E-state index in [2.05, 4.69) is 58.6 Å². The lowest BCUT2D eigenvalue weighted by Crippen LogP contribution is -2.70. The van der Waals surface area contributed by atoms with Crippen LogP contribution in [0.2, 0.25) is 0 Å². The number of carbonyl (C=O) groups is 6. The van der Waals surface area contributed by atoms with Gasteiger partial charge < -0.3 is 86.6 Å². The zero-order valence-corrected chi connectivity index (χ0v) is 51.0. The molecule has 0 aromatic heterocycles. The summed E-state index contributed by atoms with van der Waals surface area (Å²) < 4.78 is 65.7. The molecule has 28 nitrogen and oxygen atoms in total. The summed E-state index contributed by atoms with van der Waals surface area (Å²) in [6.45, 7) is 13.5. The van der Waals surface area contributed by atoms with Crippen molar-refractivity contribution < 1.29 is 106 Å². The van der Waals surface area contributed by atoms with Gasteiger partial charge in [-0.25, -0.2) is 13.9 Å². The Hall–Kier alpha value is -3.28. The lowest BCUT2D eigenvalue weighted by Gasteiger charge is -2.49. The van der Waals surface area contributed by atoms with Crippen LogP contribution >= 0.6 is 15.6 Å². The van der Waals surface area contributed by atoms with Gasteiger partial charge in [-0.15, -0.1) is 0 Å². The second kappa shape index (κ2) is 38.0. The number of carboxylic acid groups (broad SMARTS) is 1. The first-order valence-electron chi connectivity index (χ1n) is 28.7. The molecule has 2 rings (SSSR count). The number of ether oxygens (including phenoxy) is 4. The molecular formula is C52H98N6O22P2. The molecule has 82 heavy (non-hydrogen) atoms. The molecule has 2 heterocycles. The Morgan fingerprint density at radius 2 is 1.18 bits per heavy atom. The predicted octanol–water partition coefficient (Wildman–Crippen LogP) is 2.13. The van der Waals surface area contributed by atoms with Gasteiger partial charge in [-0.3, -0.25) is 33.0 Å². The van der Waals surface area contributed by atoms with E-state index in [1.807, 2.05) is 6.92 Å². The van der Waals surface area contributed by atoms with Gasteiger partial charge in [0.2, 0.25) is 29.5 Å². The number of carbonyl (C=O) groups excluding carboxylic acids is 5. The molecule has 2 fully saturated rings. The Morgan fingerprint density at radius 1 is 0.634 bits per heavy atom. The van der Waals surface area contributed by atoms with Gasteiger partial charge in [0.1, 0.15) is 66.9 Å². The average molecular weight is 1220 g/mol. The van der Waals surface area contributed by atoms with Crippen LogP contribution in [0.1, 0.15) is 159 Å². The monoisotopic (exact) mass is 1220 g/mol. The number of nitrogens with one attached hydrogen (secondary N) is 5. The second-order valence-electron chi connectivity index (χ2n) is 22.3. The van der Waals surface area contributed by atoms with Gasteiger partial charge in [0.15, 0.2) is 12.6 Å². The molecule has 5 unspecified atom stereocenters. The van der Waals surface area contributed by atoms with Crippen molar-refractivity contribution in [3.63, 3.8) is 0 Å². The van der Waals surface area contributed by atoms with E-state index < -0.39 is 144 Å². The summed E-state index contributed by atoms with van der Waals surface area (Å²) in [6.07, 6.45) is -5.03. The molecular weight excluding hydrogens is 1120 g/mol. The molecule has 0 aromatic carbocycles. The summed E-state index contributed by atoms with van der Waals surface area (Å²) >= 11 is 0. The van der Waals surface area contributed by atoms with Crippen LogP contribution in [0.25, 0.3) is 0 Å². The molecule has 0 aliphatic carbocycles. The van der Waals surface area contributed by atoms with Crippen molar-refractivity contribution in [2.45, 2.75) is 238 Å². The van der Waals surface area contributed by atoms with Gasteiger partial charge in [0, 0.05) is 26.8 Å². The van der Waals surface area contributed by atoms with Gasteiger partial charge >= 0.3 is 21.6 Å². The predicted molar refractivity (Wildman–Crippen MR) is 297 cm³/mol. The Labute approximate surface area is 482 Å². The highest BCUT2D eigenvalue weighted by atomic mass is 31.3. The van der Waals surface area contributed by atoms with Crippen molar-refractivity contribution in [3.05, 3.63) is 0 Å². The third-order valence-electron chi connectivity index (χ3n) is 14.3. The van der Waals surface area contributed by atoms with Crippen LogP contribution in [0.4, 0.5) is 0 Å². The summed E-state index contributed by atoms with van der Waals surface area (Å²) in [6, 6.07) is -5.90. The van der Waals surface area contributed by atoms with Crippen molar-refractivity contribution in [2.75, 3.05) is 32.9 Å². The minimum Gasteiger partial charge on any atom is -0.480 e. The third-order valence-corrected chi connectivity index (χ3v) is 16.9. The number of hydrogen-bond acceptors (Lipinski definition) is 20. The molecule has 30 heteroatoms. The number of rotatable bonds is 41. The zero-order valence-electron chi connectivity index (χ0n) is 49.2. The normalized spacial score (nSPS) is 26.6. The Kier molecular flexibility index (Phi) is 34.7. The van der Waals surface area contributed by atoms with Crippen LogP contribution in [-0.2, 0) is 70.2 Å². The van der Waals surface area contributed by atoms with Gasteiger partial charge in [-0.05, 0) is 76.2 Å². The molecule has 2 saturated heterocycles. The van der Waals surface area contributed by atoms with E-state index in [9.17, 15) is 73.2 Å². The maximum absolute atomic E-state index is 13.8. The number of phosphoric ester groups is 2. The lowest BCUT2D eigenvalue weighted by atomic mass is 9.91. The summed E-state index contributed by atoms with van der Waals surface area (Å²) in [5.41, 5.74) is 5.47. The van der Waals surface area contributed by atoms with Gasteiger partial charge in [-0.1, -0.05) is 92.4 Å². The first kappa shape index (κ1) is 74.8. The highest BCUT2D eigenvalue weighted by molar-refractivity contribution is 7.61. The number of carboxylic acids is 1. The molecule has 0 bridgehead atoms. The summed E-state index contributed by atoms with van der Waals surface area (Å²) in [5, 5.41) is 64.1. The van der Waals surface area contributed by atoms with Crippen molar-refractivity contribution in [3.8, 4) is 0 Å². The highest BCUT2D eigenvalue weighted by Crippen LogP contribution is 2.61. The van der Waals surface area contributed by atoms with Crippen molar-refractivity contribution in [1.29, 1.82) is 0 Å². The number of aliphatic hydroxyl groups excluding tert-OH is 4. The van der Waals surface area contributed by atoms with Crippen LogP contribution in [0, 0.1) is 23.7 Å². The molecule has 18 atom stereocenters. The summed E-state index contributed by atoms with van der Waals surface area (Å²) in [4.78, 5) is 97.7. The van der Waals surface area contributed by atoms with E-state index >= 15 is 0 Å². The van der Waals surface area contributed by atoms with E-state index in [0.717, 1.165) is 39.5 Å². The topological polar surface area (TPSA) is 429 Å². The van der Waals surface area contributed by atoms with E-state index in [0.29, 0.717) is 37.1 Å². The maximum Gasteiger partial charge on any atom is 0.483 e. The molecule has 0 radical (unpaired) electrons. The smallest absolute Gasteiger partial charge is 0.480 e. The average Bonchev–Trinajstić information content (AvgIpc) is 2.49. The van der Waals surface area contributed by atoms with Crippen LogP contribution in [0.5, 0.6) is 0 Å². The standard InChI is InChI=1S/C52H98N6O22P2/c1-30(2)16-12-17-31(3)18-13-19-32(4)20-14-21-33(5)24-27-74-81(70,71)80-82(72,73)79-52-43(57-37(9)62)47(46(40(29-60)77-52)78-51-42(56-36(8)61)45(65)44(64)39(28-59)76-51)75-35(7)49(67)55-34(6)48(66)54-26-15-23-41(63)58-38(50(68)69)22-10-11-25-53/h30-35,38-40,42-47,51-52,59-60,64-65H,10-29,53H2,1-9H3,(H,54,66)(H,55,67)(H,56,61)(H,57,62)(H,58,63)(H,68,69)(H,70,71)(H,72,73)/t31?,32?,33?,34-,35+,38-,39+,40+,42+,43+,44+,45+,46+,47+,51-,52+/m0/s1. The van der Waals surface area contributed by atoms with E-state index in [-0.39, 0.29) is 44.8 Å². The Bertz CT molecular complexity index is 2050. The number of phosphoric acid groups is 2. The Balaban J connectivity index is 2.27. The first-order valence-corrected chi connectivity index (χ1v) is 31.7. The van der Waals surface area contributed by atoms with Gasteiger partial charge in [0.05, 0.1) is 19.8 Å². The minimum atomic E-state index is -5.80. The number of nitrogens with two attached hydrogens (primary N) is 1. The molecule has 0 aromatic rings. The Morgan fingerprint density at radius 3 is 1.72 bits per heavy atom. The van der Waals surface area contributed by atoms with E-state index in [1.165, 1.54) is 46.0 Å². The molecule has 478 valence electrons.